The number of benzene rings is 2. The van der Waals surface area contributed by atoms with Crippen LogP contribution in [0.4, 0.5) is 0 Å². The van der Waals surface area contributed by atoms with Gasteiger partial charge in [0.2, 0.25) is 0 Å². The Labute approximate surface area is 147 Å². The van der Waals surface area contributed by atoms with Crippen LogP contribution >= 0.6 is 0 Å². The minimum Gasteiger partial charge on any atom is -0.342 e. The largest absolute Gasteiger partial charge is 0.342 e. The van der Waals surface area contributed by atoms with Crippen molar-refractivity contribution in [1.82, 2.24) is 14.9 Å². The number of amides is 1. The first kappa shape index (κ1) is 15.9. The van der Waals surface area contributed by atoms with E-state index in [4.69, 9.17) is 4.98 Å². The van der Waals surface area contributed by atoms with Gasteiger partial charge in [-0.3, -0.25) is 4.79 Å². The number of carbonyl (C=O) groups excluding carboxylic acids is 1. The molecule has 25 heavy (non-hydrogen) atoms. The van der Waals surface area contributed by atoms with Gasteiger partial charge in [-0.05, 0) is 62.1 Å². The summed E-state index contributed by atoms with van der Waals surface area (Å²) in [6.07, 6.45) is 2.08. The molecular formula is C21H23N3O. The number of H-pyrrole nitrogens is 1. The zero-order valence-electron chi connectivity index (χ0n) is 14.7. The van der Waals surface area contributed by atoms with E-state index in [1.807, 2.05) is 47.4 Å². The number of para-hydroxylation sites is 2. The molecule has 3 aromatic rings. The second-order valence-corrected chi connectivity index (χ2v) is 7.03. The standard InChI is InChI=1S/C21H23N3O/c1-14-9-10-16(12-15(14)2)21(25)24-11-5-6-17(13-24)20-22-18-7-3-4-8-19(18)23-20/h3-4,7-10,12,17H,5-6,11,13H2,1-2H3,(H,22,23)/t17-/m1/s1. The number of imidazole rings is 1. The summed E-state index contributed by atoms with van der Waals surface area (Å²) in [5.41, 5.74) is 5.23. The maximum atomic E-state index is 12.9. The number of hydrogen-bond acceptors (Lipinski definition) is 2. The summed E-state index contributed by atoms with van der Waals surface area (Å²) in [5.74, 6) is 1.40. The molecule has 1 N–H and O–H groups in total. The Hall–Kier alpha value is -2.62. The molecule has 0 radical (unpaired) electrons. The van der Waals surface area contributed by atoms with Gasteiger partial charge in [0.25, 0.3) is 5.91 Å². The summed E-state index contributed by atoms with van der Waals surface area (Å²) < 4.78 is 0. The van der Waals surface area contributed by atoms with E-state index in [9.17, 15) is 4.79 Å². The van der Waals surface area contributed by atoms with Gasteiger partial charge in [0.1, 0.15) is 5.82 Å². The van der Waals surface area contributed by atoms with Crippen LogP contribution in [-0.4, -0.2) is 33.9 Å². The number of nitrogens with zero attached hydrogens (tertiary/aromatic N) is 2. The molecule has 0 unspecified atom stereocenters. The van der Waals surface area contributed by atoms with Crippen LogP contribution in [0.1, 0.15) is 46.1 Å². The molecule has 1 saturated heterocycles. The number of hydrogen-bond donors (Lipinski definition) is 1. The normalized spacial score (nSPS) is 17.8. The summed E-state index contributed by atoms with van der Waals surface area (Å²) in [5, 5.41) is 0. The molecule has 4 heteroatoms. The lowest BCUT2D eigenvalue weighted by molar-refractivity contribution is 0.0705. The van der Waals surface area contributed by atoms with Gasteiger partial charge in [-0.1, -0.05) is 18.2 Å². The number of rotatable bonds is 2. The Morgan fingerprint density at radius 2 is 2.00 bits per heavy atom. The van der Waals surface area contributed by atoms with Crippen LogP contribution in [0.25, 0.3) is 11.0 Å². The maximum absolute atomic E-state index is 12.9. The van der Waals surface area contributed by atoms with Crippen LogP contribution < -0.4 is 0 Å². The second-order valence-electron chi connectivity index (χ2n) is 7.03. The van der Waals surface area contributed by atoms with Crippen molar-refractivity contribution in [3.05, 3.63) is 65.0 Å². The van der Waals surface area contributed by atoms with E-state index in [0.717, 1.165) is 53.9 Å². The highest BCUT2D eigenvalue weighted by Crippen LogP contribution is 2.27. The summed E-state index contributed by atoms with van der Waals surface area (Å²) in [6, 6.07) is 14.1. The van der Waals surface area contributed by atoms with E-state index in [0.29, 0.717) is 0 Å². The lowest BCUT2D eigenvalue weighted by Gasteiger charge is -2.32. The quantitative estimate of drug-likeness (QED) is 0.764. The Bertz CT molecular complexity index is 895. The van der Waals surface area contributed by atoms with Gasteiger partial charge in [0.15, 0.2) is 0 Å². The maximum Gasteiger partial charge on any atom is 0.253 e. The second kappa shape index (κ2) is 6.36. The van der Waals surface area contributed by atoms with Crippen molar-refractivity contribution >= 4 is 16.9 Å². The molecule has 1 aliphatic heterocycles. The minimum atomic E-state index is 0.129. The van der Waals surface area contributed by atoms with E-state index >= 15 is 0 Å². The van der Waals surface area contributed by atoms with Crippen molar-refractivity contribution < 1.29 is 4.79 Å². The zero-order chi connectivity index (χ0) is 17.4. The fourth-order valence-electron chi connectivity index (χ4n) is 3.61. The average molecular weight is 333 g/mol. The summed E-state index contributed by atoms with van der Waals surface area (Å²) in [6.45, 7) is 5.68. The number of nitrogens with one attached hydrogen (secondary N) is 1. The Morgan fingerprint density at radius 3 is 2.80 bits per heavy atom. The number of likely N-dealkylation sites (tertiary alicyclic amines) is 1. The molecule has 0 aliphatic carbocycles. The smallest absolute Gasteiger partial charge is 0.253 e. The number of piperidine rings is 1. The highest BCUT2D eigenvalue weighted by molar-refractivity contribution is 5.94. The lowest BCUT2D eigenvalue weighted by Crippen LogP contribution is -2.39. The molecule has 1 aliphatic rings. The van der Waals surface area contributed by atoms with Gasteiger partial charge in [0, 0.05) is 24.6 Å². The first-order valence-corrected chi connectivity index (χ1v) is 8.93. The van der Waals surface area contributed by atoms with Crippen molar-refractivity contribution in [2.45, 2.75) is 32.6 Å². The van der Waals surface area contributed by atoms with Gasteiger partial charge >= 0.3 is 0 Å². The van der Waals surface area contributed by atoms with Crippen molar-refractivity contribution in [3.8, 4) is 0 Å². The predicted molar refractivity (Wildman–Crippen MR) is 99.9 cm³/mol. The SMILES string of the molecule is Cc1ccc(C(=O)N2CCC[C@@H](c3nc4ccccc4[nH]3)C2)cc1C. The molecular weight excluding hydrogens is 310 g/mol. The van der Waals surface area contributed by atoms with Gasteiger partial charge in [-0.25, -0.2) is 4.98 Å². The summed E-state index contributed by atoms with van der Waals surface area (Å²) in [4.78, 5) is 23.1. The molecule has 0 saturated carbocycles. The molecule has 1 fully saturated rings. The predicted octanol–water partition coefficient (Wildman–Crippen LogP) is 4.20. The lowest BCUT2D eigenvalue weighted by atomic mass is 9.96. The van der Waals surface area contributed by atoms with Crippen LogP contribution in [0, 0.1) is 13.8 Å². The molecule has 1 amide bonds. The highest BCUT2D eigenvalue weighted by atomic mass is 16.2. The Morgan fingerprint density at radius 1 is 1.16 bits per heavy atom. The van der Waals surface area contributed by atoms with Crippen LogP contribution in [0.15, 0.2) is 42.5 Å². The van der Waals surface area contributed by atoms with Gasteiger partial charge in [-0.2, -0.15) is 0 Å². The Kier molecular flexibility index (Phi) is 4.04. The third kappa shape index (κ3) is 3.04. The summed E-state index contributed by atoms with van der Waals surface area (Å²) >= 11 is 0. The van der Waals surface area contributed by atoms with E-state index in [1.54, 1.807) is 0 Å². The van der Waals surface area contributed by atoms with E-state index in [-0.39, 0.29) is 11.8 Å². The van der Waals surface area contributed by atoms with Crippen LogP contribution in [0.5, 0.6) is 0 Å². The van der Waals surface area contributed by atoms with Crippen LogP contribution in [-0.2, 0) is 0 Å². The molecule has 0 bridgehead atoms. The van der Waals surface area contributed by atoms with E-state index in [2.05, 4.69) is 18.8 Å². The minimum absolute atomic E-state index is 0.129. The molecule has 128 valence electrons. The zero-order valence-corrected chi connectivity index (χ0v) is 14.7. The molecule has 0 spiro atoms. The van der Waals surface area contributed by atoms with Gasteiger partial charge in [0.05, 0.1) is 11.0 Å². The highest BCUT2D eigenvalue weighted by Gasteiger charge is 2.27. The molecule has 1 aromatic heterocycles. The fraction of sp³-hybridized carbons (Fsp3) is 0.333. The van der Waals surface area contributed by atoms with Crippen LogP contribution in [0.3, 0.4) is 0 Å². The van der Waals surface area contributed by atoms with Crippen molar-refractivity contribution in [3.63, 3.8) is 0 Å². The number of aromatic nitrogens is 2. The Balaban J connectivity index is 1.55. The first-order chi connectivity index (χ1) is 12.1. The van der Waals surface area contributed by atoms with E-state index < -0.39 is 0 Å². The molecule has 2 aromatic carbocycles. The van der Waals surface area contributed by atoms with Gasteiger partial charge < -0.3 is 9.88 Å². The third-order valence-electron chi connectivity index (χ3n) is 5.26. The molecule has 4 rings (SSSR count). The van der Waals surface area contributed by atoms with Crippen LogP contribution in [0.2, 0.25) is 0 Å². The van der Waals surface area contributed by atoms with Crippen molar-refractivity contribution in [2.24, 2.45) is 0 Å². The summed E-state index contributed by atoms with van der Waals surface area (Å²) in [7, 11) is 0. The molecule has 1 atom stereocenters. The van der Waals surface area contributed by atoms with Crippen molar-refractivity contribution in [1.29, 1.82) is 0 Å². The molecule has 2 heterocycles. The number of aromatic amines is 1. The third-order valence-corrected chi connectivity index (χ3v) is 5.26. The average Bonchev–Trinajstić information content (AvgIpc) is 3.08. The van der Waals surface area contributed by atoms with Crippen molar-refractivity contribution in [2.75, 3.05) is 13.1 Å². The number of aryl methyl sites for hydroxylation is 2. The topological polar surface area (TPSA) is 49.0 Å². The van der Waals surface area contributed by atoms with Gasteiger partial charge in [-0.15, -0.1) is 0 Å². The number of carbonyl (C=O) groups is 1. The van der Waals surface area contributed by atoms with E-state index in [1.165, 1.54) is 5.56 Å². The first-order valence-electron chi connectivity index (χ1n) is 8.93. The molecule has 4 nitrogen and oxygen atoms in total. The number of fused-ring (bicyclic) bond motifs is 1. The monoisotopic (exact) mass is 333 g/mol. The fourth-order valence-corrected chi connectivity index (χ4v) is 3.61.